The zero-order valence-corrected chi connectivity index (χ0v) is 14.3. The predicted octanol–water partition coefficient (Wildman–Crippen LogP) is 0.747. The molecule has 0 aliphatic rings. The van der Waals surface area contributed by atoms with Crippen LogP contribution in [0, 0.1) is 5.82 Å². The van der Waals surface area contributed by atoms with Gasteiger partial charge in [0.25, 0.3) is 5.22 Å². The van der Waals surface area contributed by atoms with Crippen LogP contribution in [0.3, 0.4) is 0 Å². The minimum atomic E-state index is -0.354. The summed E-state index contributed by atoms with van der Waals surface area (Å²) in [5.41, 5.74) is 7.82. The summed E-state index contributed by atoms with van der Waals surface area (Å²) in [7, 11) is 0. The summed E-state index contributed by atoms with van der Waals surface area (Å²) >= 11 is 1.30. The molecule has 7 heteroatoms. The Morgan fingerprint density at radius 2 is 1.75 bits per heavy atom. The quantitative estimate of drug-likeness (QED) is 0.654. The van der Waals surface area contributed by atoms with Gasteiger partial charge in [0, 0.05) is 5.75 Å². The standard InChI is InChI=1S/C17H16FN3OS.ClH/c18-14-9-5-4-8-13(14)11-23-17-21-20-16(22-17)15(19)10-12-6-2-1-3-7-12;/h1-9,15H,10-11,19H2;1H/p-1/t15-;/m0./s1. The molecule has 0 fully saturated rings. The molecule has 2 N–H and O–H groups in total. The number of hydrogen-bond donors (Lipinski definition) is 1. The third kappa shape index (κ3) is 4.80. The zero-order valence-electron chi connectivity index (χ0n) is 12.7. The molecule has 0 bridgehead atoms. The topological polar surface area (TPSA) is 64.9 Å². The number of nitrogens with two attached hydrogens (primary N) is 1. The van der Waals surface area contributed by atoms with Gasteiger partial charge in [0.15, 0.2) is 0 Å². The summed E-state index contributed by atoms with van der Waals surface area (Å²) in [4.78, 5) is 0. The second-order valence-electron chi connectivity index (χ2n) is 5.08. The van der Waals surface area contributed by atoms with Crippen LogP contribution in [-0.2, 0) is 12.2 Å². The van der Waals surface area contributed by atoms with E-state index in [1.807, 2.05) is 30.3 Å². The van der Waals surface area contributed by atoms with E-state index in [1.54, 1.807) is 18.2 Å². The van der Waals surface area contributed by atoms with Gasteiger partial charge in [-0.1, -0.05) is 60.3 Å². The van der Waals surface area contributed by atoms with Crippen LogP contribution in [0.25, 0.3) is 0 Å². The molecule has 0 saturated carbocycles. The number of aromatic nitrogens is 2. The Labute approximate surface area is 150 Å². The van der Waals surface area contributed by atoms with Crippen LogP contribution in [0.2, 0.25) is 0 Å². The van der Waals surface area contributed by atoms with Crippen molar-refractivity contribution >= 4 is 11.8 Å². The fourth-order valence-corrected chi connectivity index (χ4v) is 2.89. The van der Waals surface area contributed by atoms with Gasteiger partial charge in [-0.05, 0) is 23.6 Å². The molecule has 0 saturated heterocycles. The van der Waals surface area contributed by atoms with Crippen LogP contribution in [0.1, 0.15) is 23.1 Å². The molecule has 24 heavy (non-hydrogen) atoms. The molecule has 0 aliphatic carbocycles. The van der Waals surface area contributed by atoms with Crippen molar-refractivity contribution in [2.75, 3.05) is 0 Å². The summed E-state index contributed by atoms with van der Waals surface area (Å²) in [6.07, 6.45) is 0.625. The summed E-state index contributed by atoms with van der Waals surface area (Å²) in [5, 5.41) is 8.35. The summed E-state index contributed by atoms with van der Waals surface area (Å²) in [6.45, 7) is 0. The second kappa shape index (κ2) is 8.82. The lowest BCUT2D eigenvalue weighted by Crippen LogP contribution is -3.00. The van der Waals surface area contributed by atoms with E-state index in [2.05, 4.69) is 10.2 Å². The Balaban J connectivity index is 0.00000208. The van der Waals surface area contributed by atoms with Gasteiger partial charge >= 0.3 is 0 Å². The average molecular weight is 365 g/mol. The van der Waals surface area contributed by atoms with Gasteiger partial charge in [-0.2, -0.15) is 0 Å². The van der Waals surface area contributed by atoms with Crippen molar-refractivity contribution in [2.45, 2.75) is 23.4 Å². The van der Waals surface area contributed by atoms with E-state index in [4.69, 9.17) is 10.2 Å². The minimum Gasteiger partial charge on any atom is -1.00 e. The molecular weight excluding hydrogens is 349 g/mol. The molecule has 1 aromatic heterocycles. The second-order valence-corrected chi connectivity index (χ2v) is 6.01. The third-order valence-electron chi connectivity index (χ3n) is 3.35. The fraction of sp³-hybridized carbons (Fsp3) is 0.176. The Bertz CT molecular complexity index is 769. The molecule has 0 amide bonds. The number of benzene rings is 2. The molecule has 3 aromatic rings. The highest BCUT2D eigenvalue weighted by molar-refractivity contribution is 7.98. The van der Waals surface area contributed by atoms with Gasteiger partial charge in [-0.25, -0.2) is 4.39 Å². The number of nitrogens with zero attached hydrogens (tertiary/aromatic N) is 2. The van der Waals surface area contributed by atoms with Gasteiger partial charge in [0.1, 0.15) is 5.82 Å². The lowest BCUT2D eigenvalue weighted by molar-refractivity contribution is -0.00000588. The van der Waals surface area contributed by atoms with Crippen molar-refractivity contribution in [3.8, 4) is 0 Å². The predicted molar refractivity (Wildman–Crippen MR) is 87.3 cm³/mol. The molecule has 126 valence electrons. The highest BCUT2D eigenvalue weighted by Crippen LogP contribution is 2.24. The first-order chi connectivity index (χ1) is 11.2. The average Bonchev–Trinajstić information content (AvgIpc) is 3.04. The summed E-state index contributed by atoms with van der Waals surface area (Å²) in [5.74, 6) is 0.591. The van der Waals surface area contributed by atoms with Crippen molar-refractivity contribution in [1.82, 2.24) is 10.2 Å². The van der Waals surface area contributed by atoms with Crippen molar-refractivity contribution < 1.29 is 21.2 Å². The van der Waals surface area contributed by atoms with Gasteiger partial charge in [0.2, 0.25) is 5.89 Å². The Morgan fingerprint density at radius 1 is 1.04 bits per heavy atom. The maximum absolute atomic E-state index is 13.6. The lowest BCUT2D eigenvalue weighted by Gasteiger charge is -2.06. The highest BCUT2D eigenvalue weighted by atomic mass is 35.5. The van der Waals surface area contributed by atoms with Crippen molar-refractivity contribution in [1.29, 1.82) is 0 Å². The molecule has 0 aliphatic heterocycles. The zero-order chi connectivity index (χ0) is 16.1. The van der Waals surface area contributed by atoms with Crippen molar-refractivity contribution in [3.05, 3.63) is 77.4 Å². The van der Waals surface area contributed by atoms with Gasteiger partial charge in [0.05, 0.1) is 6.04 Å². The van der Waals surface area contributed by atoms with Crippen LogP contribution in [0.15, 0.2) is 64.2 Å². The highest BCUT2D eigenvalue weighted by Gasteiger charge is 2.15. The number of thioether (sulfide) groups is 1. The number of rotatable bonds is 6. The van der Waals surface area contributed by atoms with E-state index in [0.29, 0.717) is 28.9 Å². The molecular formula is C17H16ClFN3OS-. The van der Waals surface area contributed by atoms with Gasteiger partial charge in [-0.15, -0.1) is 10.2 Å². The largest absolute Gasteiger partial charge is 1.00 e. The molecule has 3 rings (SSSR count). The van der Waals surface area contributed by atoms with E-state index in [9.17, 15) is 4.39 Å². The normalized spacial score (nSPS) is 11.8. The molecule has 2 aromatic carbocycles. The van der Waals surface area contributed by atoms with Crippen LogP contribution in [0.5, 0.6) is 0 Å². The molecule has 0 radical (unpaired) electrons. The summed E-state index contributed by atoms with van der Waals surface area (Å²) < 4.78 is 19.1. The van der Waals surface area contributed by atoms with Gasteiger partial charge in [-0.3, -0.25) is 0 Å². The van der Waals surface area contributed by atoms with E-state index >= 15 is 0 Å². The molecule has 1 heterocycles. The smallest absolute Gasteiger partial charge is 0.276 e. The minimum absolute atomic E-state index is 0. The van der Waals surface area contributed by atoms with E-state index in [1.165, 1.54) is 17.8 Å². The van der Waals surface area contributed by atoms with Gasteiger partial charge < -0.3 is 22.6 Å². The Hall–Kier alpha value is -1.89. The van der Waals surface area contributed by atoms with Crippen molar-refractivity contribution in [3.63, 3.8) is 0 Å². The third-order valence-corrected chi connectivity index (χ3v) is 4.21. The Kier molecular flexibility index (Phi) is 6.78. The maximum Gasteiger partial charge on any atom is 0.276 e. The van der Waals surface area contributed by atoms with Crippen LogP contribution in [-0.4, -0.2) is 10.2 Å². The first kappa shape index (κ1) is 18.4. The lowest BCUT2D eigenvalue weighted by atomic mass is 10.1. The van der Waals surface area contributed by atoms with Crippen LogP contribution >= 0.6 is 11.8 Å². The Morgan fingerprint density at radius 3 is 2.50 bits per heavy atom. The first-order valence-electron chi connectivity index (χ1n) is 7.21. The molecule has 1 atom stereocenters. The SMILES string of the molecule is N[C@@H](Cc1ccccc1)c1nnc(SCc2ccccc2F)o1.[Cl-]. The van der Waals surface area contributed by atoms with Crippen LogP contribution in [0.4, 0.5) is 4.39 Å². The number of hydrogen-bond acceptors (Lipinski definition) is 5. The molecule has 0 spiro atoms. The van der Waals surface area contributed by atoms with E-state index in [0.717, 1.165) is 5.56 Å². The summed E-state index contributed by atoms with van der Waals surface area (Å²) in [6, 6.07) is 16.2. The maximum atomic E-state index is 13.6. The fourth-order valence-electron chi connectivity index (χ4n) is 2.14. The van der Waals surface area contributed by atoms with Crippen molar-refractivity contribution in [2.24, 2.45) is 5.73 Å². The first-order valence-corrected chi connectivity index (χ1v) is 8.20. The molecule has 0 unspecified atom stereocenters. The van der Waals surface area contributed by atoms with Crippen LogP contribution < -0.4 is 18.1 Å². The molecule has 4 nitrogen and oxygen atoms in total. The number of halogens is 2. The van der Waals surface area contributed by atoms with E-state index < -0.39 is 0 Å². The van der Waals surface area contributed by atoms with E-state index in [-0.39, 0.29) is 24.3 Å². The monoisotopic (exact) mass is 364 g/mol.